The average Bonchev–Trinajstić information content (AvgIpc) is 2.35. The summed E-state index contributed by atoms with van der Waals surface area (Å²) in [7, 11) is 0. The molecule has 0 saturated heterocycles. The fraction of sp³-hybridized carbons (Fsp3) is 0.417. The summed E-state index contributed by atoms with van der Waals surface area (Å²) < 4.78 is 5.28. The van der Waals surface area contributed by atoms with E-state index in [0.29, 0.717) is 37.4 Å². The van der Waals surface area contributed by atoms with Gasteiger partial charge < -0.3 is 20.9 Å². The Hall–Kier alpha value is -1.61. The molecular formula is C12H17N3O2. The Morgan fingerprint density at radius 1 is 1.41 bits per heavy atom. The zero-order valence-corrected chi connectivity index (χ0v) is 9.60. The molecule has 4 N–H and O–H groups in total. The lowest BCUT2D eigenvalue weighted by molar-refractivity contribution is -0.0224. The van der Waals surface area contributed by atoms with Gasteiger partial charge in [-0.15, -0.1) is 0 Å². The maximum atomic E-state index is 9.62. The van der Waals surface area contributed by atoms with Crippen molar-refractivity contribution in [1.29, 1.82) is 5.26 Å². The summed E-state index contributed by atoms with van der Waals surface area (Å²) in [6.07, 6.45) is -0.477. The minimum absolute atomic E-state index is 0.404. The van der Waals surface area contributed by atoms with Crippen LogP contribution in [0.5, 0.6) is 5.75 Å². The lowest BCUT2D eigenvalue weighted by Gasteiger charge is -2.14. The van der Waals surface area contributed by atoms with Gasteiger partial charge in [0, 0.05) is 26.1 Å². The molecule has 5 nitrogen and oxygen atoms in total. The van der Waals surface area contributed by atoms with Crippen molar-refractivity contribution in [3.63, 3.8) is 0 Å². The molecule has 1 atom stereocenters. The van der Waals surface area contributed by atoms with Crippen molar-refractivity contribution in [2.24, 2.45) is 5.73 Å². The predicted octanol–water partition coefficient (Wildman–Crippen LogP) is 0.194. The summed E-state index contributed by atoms with van der Waals surface area (Å²) in [4.78, 5) is 0. The summed E-state index contributed by atoms with van der Waals surface area (Å²) in [5.74, 6) is 0.404. The molecule has 0 amide bonds. The van der Waals surface area contributed by atoms with Crippen molar-refractivity contribution in [2.75, 3.05) is 19.6 Å². The molecule has 5 heteroatoms. The molecule has 1 rings (SSSR count). The van der Waals surface area contributed by atoms with Gasteiger partial charge in [0.1, 0.15) is 11.8 Å². The molecule has 0 aliphatic carbocycles. The number of rotatable bonds is 7. The largest absolute Gasteiger partial charge is 0.464 e. The fourth-order valence-corrected chi connectivity index (χ4v) is 1.32. The topological polar surface area (TPSA) is 91.3 Å². The van der Waals surface area contributed by atoms with E-state index in [-0.39, 0.29) is 0 Å². The van der Waals surface area contributed by atoms with Crippen molar-refractivity contribution in [3.05, 3.63) is 29.8 Å². The Morgan fingerprint density at radius 3 is 2.88 bits per heavy atom. The van der Waals surface area contributed by atoms with E-state index in [0.717, 1.165) is 0 Å². The number of benzene rings is 1. The summed E-state index contributed by atoms with van der Waals surface area (Å²) >= 11 is 0. The Balaban J connectivity index is 2.40. The fourth-order valence-electron chi connectivity index (χ4n) is 1.32. The number of hydrogen-bond acceptors (Lipinski definition) is 5. The van der Waals surface area contributed by atoms with Crippen molar-refractivity contribution in [1.82, 2.24) is 5.32 Å². The summed E-state index contributed by atoms with van der Waals surface area (Å²) in [6.45, 7) is 1.89. The minimum Gasteiger partial charge on any atom is -0.464 e. The van der Waals surface area contributed by atoms with Gasteiger partial charge in [-0.05, 0) is 12.1 Å². The van der Waals surface area contributed by atoms with Crippen LogP contribution in [0.15, 0.2) is 24.3 Å². The van der Waals surface area contributed by atoms with Crippen LogP contribution in [0, 0.1) is 11.3 Å². The van der Waals surface area contributed by atoms with Crippen molar-refractivity contribution >= 4 is 0 Å². The first-order valence-electron chi connectivity index (χ1n) is 5.52. The zero-order chi connectivity index (χ0) is 12.5. The number of nitriles is 1. The molecule has 0 aliphatic heterocycles. The van der Waals surface area contributed by atoms with Crippen LogP contribution in [0.4, 0.5) is 0 Å². The lowest BCUT2D eigenvalue weighted by atomic mass is 10.2. The first-order valence-corrected chi connectivity index (χ1v) is 5.52. The van der Waals surface area contributed by atoms with Crippen LogP contribution >= 0.6 is 0 Å². The molecule has 0 bridgehead atoms. The van der Waals surface area contributed by atoms with E-state index >= 15 is 0 Å². The van der Waals surface area contributed by atoms with Crippen molar-refractivity contribution < 1.29 is 9.84 Å². The highest BCUT2D eigenvalue weighted by atomic mass is 16.6. The van der Waals surface area contributed by atoms with Gasteiger partial charge >= 0.3 is 0 Å². The van der Waals surface area contributed by atoms with Gasteiger partial charge in [-0.25, -0.2) is 0 Å². The third-order valence-electron chi connectivity index (χ3n) is 2.16. The lowest BCUT2D eigenvalue weighted by Crippen LogP contribution is -2.28. The van der Waals surface area contributed by atoms with E-state index in [2.05, 4.69) is 5.32 Å². The highest BCUT2D eigenvalue weighted by Crippen LogP contribution is 2.18. The molecule has 92 valence electrons. The summed E-state index contributed by atoms with van der Waals surface area (Å²) in [5.41, 5.74) is 5.73. The second-order valence-corrected chi connectivity index (χ2v) is 3.51. The molecular weight excluding hydrogens is 218 g/mol. The van der Waals surface area contributed by atoms with Crippen molar-refractivity contribution in [2.45, 2.75) is 12.7 Å². The maximum Gasteiger partial charge on any atom is 0.198 e. The number of aliphatic hydroxyl groups excluding tert-OH is 1. The summed E-state index contributed by atoms with van der Waals surface area (Å²) in [6, 6.07) is 8.83. The van der Waals surface area contributed by atoms with Gasteiger partial charge in [0.15, 0.2) is 6.29 Å². The maximum absolute atomic E-state index is 9.62. The Bertz CT molecular complexity index is 376. The van der Waals surface area contributed by atoms with E-state index in [1.54, 1.807) is 24.3 Å². The molecule has 17 heavy (non-hydrogen) atoms. The Kier molecular flexibility index (Phi) is 6.04. The Labute approximate surface area is 101 Å². The summed E-state index contributed by atoms with van der Waals surface area (Å²) in [5, 5.41) is 21.5. The molecule has 0 aromatic heterocycles. The van der Waals surface area contributed by atoms with Gasteiger partial charge in [0.25, 0.3) is 0 Å². The second kappa shape index (κ2) is 7.63. The van der Waals surface area contributed by atoms with Crippen LogP contribution in [-0.2, 0) is 0 Å². The van der Waals surface area contributed by atoms with Gasteiger partial charge in [-0.3, -0.25) is 0 Å². The number of nitrogens with zero attached hydrogens (tertiary/aromatic N) is 1. The van der Waals surface area contributed by atoms with Gasteiger partial charge in [-0.2, -0.15) is 5.26 Å². The average molecular weight is 235 g/mol. The molecule has 0 fully saturated rings. The van der Waals surface area contributed by atoms with Gasteiger partial charge in [0.05, 0.1) is 5.56 Å². The number of aliphatic hydroxyl groups is 1. The first kappa shape index (κ1) is 13.5. The normalized spacial score (nSPS) is 11.8. The smallest absolute Gasteiger partial charge is 0.198 e. The van der Waals surface area contributed by atoms with Gasteiger partial charge in [0.2, 0.25) is 0 Å². The molecule has 0 aliphatic rings. The number of hydrogen-bond donors (Lipinski definition) is 3. The molecule has 0 spiro atoms. The number of nitrogens with one attached hydrogen (secondary N) is 1. The van der Waals surface area contributed by atoms with Crippen LogP contribution in [0.2, 0.25) is 0 Å². The number of nitrogens with two attached hydrogens (primary N) is 1. The second-order valence-electron chi connectivity index (χ2n) is 3.51. The zero-order valence-electron chi connectivity index (χ0n) is 9.60. The standard InChI is InChI=1S/C12H17N3O2/c13-6-8-15-7-5-12(16)17-11-4-2-1-3-10(11)9-14/h1-4,12,15-16H,5-8,13H2. The third-order valence-corrected chi connectivity index (χ3v) is 2.16. The Morgan fingerprint density at radius 2 is 2.18 bits per heavy atom. The van der Waals surface area contributed by atoms with E-state index in [1.807, 2.05) is 6.07 Å². The SMILES string of the molecule is N#Cc1ccccc1OC(O)CCNCCN. The predicted molar refractivity (Wildman–Crippen MR) is 64.3 cm³/mol. The van der Waals surface area contributed by atoms with Crippen LogP contribution in [0.3, 0.4) is 0 Å². The molecule has 1 unspecified atom stereocenters. The first-order chi connectivity index (χ1) is 8.27. The van der Waals surface area contributed by atoms with Crippen LogP contribution in [-0.4, -0.2) is 31.0 Å². The molecule has 1 aromatic rings. The van der Waals surface area contributed by atoms with E-state index < -0.39 is 6.29 Å². The van der Waals surface area contributed by atoms with E-state index in [9.17, 15) is 5.11 Å². The molecule has 1 aromatic carbocycles. The van der Waals surface area contributed by atoms with Crippen molar-refractivity contribution in [3.8, 4) is 11.8 Å². The van der Waals surface area contributed by atoms with E-state index in [1.165, 1.54) is 0 Å². The molecule has 0 saturated carbocycles. The van der Waals surface area contributed by atoms with Crippen LogP contribution < -0.4 is 15.8 Å². The molecule has 0 heterocycles. The van der Waals surface area contributed by atoms with Crippen LogP contribution in [0.25, 0.3) is 0 Å². The minimum atomic E-state index is -0.922. The van der Waals surface area contributed by atoms with Gasteiger partial charge in [-0.1, -0.05) is 12.1 Å². The van der Waals surface area contributed by atoms with Crippen LogP contribution in [0.1, 0.15) is 12.0 Å². The third kappa shape index (κ3) is 4.83. The monoisotopic (exact) mass is 235 g/mol. The number of para-hydroxylation sites is 1. The quantitative estimate of drug-likeness (QED) is 0.463. The highest BCUT2D eigenvalue weighted by Gasteiger charge is 2.08. The highest BCUT2D eigenvalue weighted by molar-refractivity contribution is 5.42. The number of ether oxygens (including phenoxy) is 1. The molecule has 0 radical (unpaired) electrons. The van der Waals surface area contributed by atoms with E-state index in [4.69, 9.17) is 15.7 Å².